The van der Waals surface area contributed by atoms with E-state index in [-0.39, 0.29) is 24.2 Å². The van der Waals surface area contributed by atoms with Gasteiger partial charge < -0.3 is 5.11 Å². The summed E-state index contributed by atoms with van der Waals surface area (Å²) in [4.78, 5) is 50.8. The predicted molar refractivity (Wildman–Crippen MR) is 158 cm³/mol. The zero-order chi connectivity index (χ0) is 28.3. The summed E-state index contributed by atoms with van der Waals surface area (Å²) in [7, 11) is 0. The van der Waals surface area contributed by atoms with Gasteiger partial charge in [0, 0.05) is 48.4 Å². The summed E-state index contributed by atoms with van der Waals surface area (Å²) in [5, 5.41) is 10.2. The van der Waals surface area contributed by atoms with E-state index >= 15 is 0 Å². The number of pyridine rings is 1. The molecule has 2 aliphatic heterocycles. The lowest BCUT2D eigenvalue weighted by atomic mass is 9.74. The summed E-state index contributed by atoms with van der Waals surface area (Å²) >= 11 is 1.19. The van der Waals surface area contributed by atoms with Crippen molar-refractivity contribution in [3.63, 3.8) is 0 Å². The van der Waals surface area contributed by atoms with Crippen LogP contribution in [0, 0.1) is 17.8 Å². The number of nitrogens with zero attached hydrogens (tertiary/aromatic N) is 5. The Labute approximate surface area is 243 Å². The number of aromatic nitrogens is 3. The Bertz CT molecular complexity index is 1420. The number of aliphatic carboxylic acids is 1. The maximum atomic E-state index is 14.0. The first kappa shape index (κ1) is 27.5. The molecule has 2 saturated heterocycles. The monoisotopic (exact) mass is 573 g/mol. The Kier molecular flexibility index (Phi) is 8.09. The van der Waals surface area contributed by atoms with Crippen LogP contribution < -0.4 is 9.80 Å². The minimum Gasteiger partial charge on any atom is -0.481 e. The fourth-order valence-corrected chi connectivity index (χ4v) is 7.59. The topological polar surface area (TPSA) is 117 Å². The zero-order valence-electron chi connectivity index (χ0n) is 23.1. The molecule has 0 unspecified atom stereocenters. The van der Waals surface area contributed by atoms with Crippen LogP contribution in [-0.2, 0) is 14.4 Å². The van der Waals surface area contributed by atoms with Crippen molar-refractivity contribution < 1.29 is 19.5 Å². The van der Waals surface area contributed by atoms with Crippen LogP contribution in [-0.4, -0.2) is 50.3 Å². The number of carbonyl (C=O) groups excluding carboxylic acids is 2. The summed E-state index contributed by atoms with van der Waals surface area (Å²) in [5.74, 6) is 0.212. The summed E-state index contributed by atoms with van der Waals surface area (Å²) in [6.45, 7) is 1.21. The van der Waals surface area contributed by atoms with Crippen molar-refractivity contribution in [1.29, 1.82) is 0 Å². The summed E-state index contributed by atoms with van der Waals surface area (Å²) in [5.41, 5.74) is 2.62. The minimum absolute atomic E-state index is 0.100. The smallest absolute Gasteiger partial charge is 0.304 e. The molecule has 3 fully saturated rings. The molecule has 2 amide bonds. The molecule has 1 saturated carbocycles. The standard InChI is InChI=1S/C31H35N5O4S/c37-27-13-7-17-35(27)26-15-14-21(19-32-26)23-10-3-4-12-24(23)29-33-31(41-34-29)36-16-6-5-11-22(20-8-1-2-9-20)25(30(36)40)18-28(38)39/h3-4,10,12,14-15,19-20,22,25H,1-2,5-9,11,13,16-18H2,(H,38,39)/t22-,25+/m1/s1. The summed E-state index contributed by atoms with van der Waals surface area (Å²) in [6.07, 6.45) is 10.3. The largest absolute Gasteiger partial charge is 0.481 e. The summed E-state index contributed by atoms with van der Waals surface area (Å²) in [6, 6.07) is 11.7. The maximum absolute atomic E-state index is 14.0. The minimum atomic E-state index is -0.924. The van der Waals surface area contributed by atoms with Crippen LogP contribution in [0.4, 0.5) is 10.9 Å². The van der Waals surface area contributed by atoms with E-state index in [1.54, 1.807) is 16.0 Å². The van der Waals surface area contributed by atoms with Crippen LogP contribution in [0.15, 0.2) is 42.6 Å². The molecule has 2 atom stereocenters. The second-order valence-electron chi connectivity index (χ2n) is 11.4. The average molecular weight is 574 g/mol. The Hall–Kier alpha value is -3.66. The van der Waals surface area contributed by atoms with E-state index in [1.165, 1.54) is 11.5 Å². The van der Waals surface area contributed by atoms with Gasteiger partial charge in [-0.25, -0.2) is 4.98 Å². The molecule has 214 valence electrons. The molecule has 3 aliphatic rings. The van der Waals surface area contributed by atoms with Gasteiger partial charge in [0.15, 0.2) is 5.82 Å². The number of hydrogen-bond acceptors (Lipinski definition) is 7. The van der Waals surface area contributed by atoms with Crippen LogP contribution in [0.1, 0.15) is 64.2 Å². The van der Waals surface area contributed by atoms with Crippen LogP contribution in [0.2, 0.25) is 0 Å². The molecule has 1 N–H and O–H groups in total. The van der Waals surface area contributed by atoms with E-state index in [4.69, 9.17) is 4.98 Å². The van der Waals surface area contributed by atoms with E-state index in [0.29, 0.717) is 42.2 Å². The molecule has 1 aromatic carbocycles. The molecule has 1 aliphatic carbocycles. The van der Waals surface area contributed by atoms with Gasteiger partial charge in [-0.05, 0) is 48.8 Å². The van der Waals surface area contributed by atoms with E-state index in [0.717, 1.165) is 68.1 Å². The molecule has 0 bridgehead atoms. The van der Waals surface area contributed by atoms with Gasteiger partial charge in [0.1, 0.15) is 5.82 Å². The normalized spacial score (nSPS) is 22.2. The molecule has 4 heterocycles. The van der Waals surface area contributed by atoms with Gasteiger partial charge in [-0.3, -0.25) is 24.2 Å². The van der Waals surface area contributed by atoms with Crippen molar-refractivity contribution in [3.8, 4) is 22.5 Å². The Morgan fingerprint density at radius 1 is 0.927 bits per heavy atom. The van der Waals surface area contributed by atoms with Gasteiger partial charge in [-0.1, -0.05) is 56.4 Å². The highest BCUT2D eigenvalue weighted by Crippen LogP contribution is 2.42. The quantitative estimate of drug-likeness (QED) is 0.379. The van der Waals surface area contributed by atoms with E-state index < -0.39 is 11.9 Å². The Balaban J connectivity index is 1.27. The van der Waals surface area contributed by atoms with E-state index in [2.05, 4.69) is 9.36 Å². The maximum Gasteiger partial charge on any atom is 0.304 e. The Morgan fingerprint density at radius 2 is 1.68 bits per heavy atom. The highest BCUT2D eigenvalue weighted by molar-refractivity contribution is 7.10. The van der Waals surface area contributed by atoms with Gasteiger partial charge in [-0.2, -0.15) is 9.36 Å². The number of carboxylic acid groups (broad SMARTS) is 1. The first-order chi connectivity index (χ1) is 20.0. The third kappa shape index (κ3) is 5.75. The van der Waals surface area contributed by atoms with Crippen LogP contribution in [0.25, 0.3) is 22.5 Å². The van der Waals surface area contributed by atoms with Crippen LogP contribution >= 0.6 is 11.5 Å². The molecule has 6 rings (SSSR count). The van der Waals surface area contributed by atoms with E-state index in [1.807, 2.05) is 36.4 Å². The summed E-state index contributed by atoms with van der Waals surface area (Å²) < 4.78 is 4.66. The molecule has 0 radical (unpaired) electrons. The molecule has 0 spiro atoms. The first-order valence-electron chi connectivity index (χ1n) is 14.7. The molecular weight excluding hydrogens is 538 g/mol. The van der Waals surface area contributed by atoms with Crippen LogP contribution in [0.3, 0.4) is 0 Å². The fraction of sp³-hybridized carbons (Fsp3) is 0.484. The number of amides is 2. The molecule has 41 heavy (non-hydrogen) atoms. The lowest BCUT2D eigenvalue weighted by molar-refractivity contribution is -0.142. The molecule has 10 heteroatoms. The van der Waals surface area contributed by atoms with Crippen molar-refractivity contribution in [2.75, 3.05) is 22.9 Å². The van der Waals surface area contributed by atoms with Crippen molar-refractivity contribution in [1.82, 2.24) is 14.3 Å². The fourth-order valence-electron chi connectivity index (χ4n) is 6.87. The zero-order valence-corrected chi connectivity index (χ0v) is 23.9. The van der Waals surface area contributed by atoms with Crippen molar-refractivity contribution in [2.45, 2.75) is 64.2 Å². The average Bonchev–Trinajstić information content (AvgIpc) is 3.76. The van der Waals surface area contributed by atoms with Gasteiger partial charge in [0.05, 0.1) is 12.3 Å². The molecule has 2 aromatic heterocycles. The van der Waals surface area contributed by atoms with Crippen molar-refractivity contribution >= 4 is 40.3 Å². The number of hydrogen-bond donors (Lipinski definition) is 1. The molecule has 3 aromatic rings. The number of anilines is 2. The van der Waals surface area contributed by atoms with E-state index in [9.17, 15) is 19.5 Å². The van der Waals surface area contributed by atoms with Crippen LogP contribution in [0.5, 0.6) is 0 Å². The lowest BCUT2D eigenvalue weighted by Gasteiger charge is -2.35. The van der Waals surface area contributed by atoms with Gasteiger partial charge >= 0.3 is 5.97 Å². The predicted octanol–water partition coefficient (Wildman–Crippen LogP) is 5.81. The highest BCUT2D eigenvalue weighted by atomic mass is 32.1. The number of carboxylic acids is 1. The molecule has 9 nitrogen and oxygen atoms in total. The van der Waals surface area contributed by atoms with Gasteiger partial charge in [0.25, 0.3) is 0 Å². The first-order valence-corrected chi connectivity index (χ1v) is 15.5. The molecular formula is C31H35N5O4S. The third-order valence-electron chi connectivity index (χ3n) is 8.89. The SMILES string of the molecule is O=C(O)C[C@@H]1C(=O)N(c2nc(-c3ccccc3-c3ccc(N4CCCC4=O)nc3)ns2)CCCC[C@@H]1C1CCCC1. The number of carbonyl (C=O) groups is 3. The number of benzene rings is 1. The van der Waals surface area contributed by atoms with Gasteiger partial charge in [-0.15, -0.1) is 0 Å². The third-order valence-corrected chi connectivity index (χ3v) is 9.63. The Morgan fingerprint density at radius 3 is 2.39 bits per heavy atom. The van der Waals surface area contributed by atoms with Gasteiger partial charge in [0.2, 0.25) is 16.9 Å². The number of rotatable bonds is 7. The highest BCUT2D eigenvalue weighted by Gasteiger charge is 2.40. The van der Waals surface area contributed by atoms with Crippen molar-refractivity contribution in [3.05, 3.63) is 42.6 Å². The lowest BCUT2D eigenvalue weighted by Crippen LogP contribution is -2.44. The second kappa shape index (κ2) is 12.1. The van der Waals surface area contributed by atoms with Crippen molar-refractivity contribution in [2.24, 2.45) is 17.8 Å². The second-order valence-corrected chi connectivity index (χ2v) is 12.1.